The first kappa shape index (κ1) is 12.4. The third-order valence-corrected chi connectivity index (χ3v) is 3.16. The largest absolute Gasteiger partial charge is 0.395 e. The van der Waals surface area contributed by atoms with Crippen molar-refractivity contribution in [2.75, 3.05) is 19.8 Å². The van der Waals surface area contributed by atoms with Crippen molar-refractivity contribution in [3.05, 3.63) is 34.9 Å². The van der Waals surface area contributed by atoms with Crippen LogP contribution in [0.4, 0.5) is 0 Å². The highest BCUT2D eigenvalue weighted by Gasteiger charge is 2.45. The lowest BCUT2D eigenvalue weighted by Crippen LogP contribution is -2.56. The quantitative estimate of drug-likeness (QED) is 0.843. The summed E-state index contributed by atoms with van der Waals surface area (Å²) in [5.41, 5.74) is 0.225. The topological polar surface area (TPSA) is 58.6 Å². The summed E-state index contributed by atoms with van der Waals surface area (Å²) in [6, 6.07) is 7.26. The molecule has 1 aliphatic rings. The average molecular weight is 256 g/mol. The van der Waals surface area contributed by atoms with Crippen LogP contribution in [0, 0.1) is 5.41 Å². The molecule has 2 N–H and O–H groups in total. The van der Waals surface area contributed by atoms with Crippen molar-refractivity contribution in [3.8, 4) is 0 Å². The highest BCUT2D eigenvalue weighted by molar-refractivity contribution is 6.30. The van der Waals surface area contributed by atoms with Crippen LogP contribution in [0.15, 0.2) is 24.3 Å². The van der Waals surface area contributed by atoms with Gasteiger partial charge >= 0.3 is 0 Å². The Labute approximate surface area is 105 Å². The number of nitrogens with one attached hydrogen (secondary N) is 1. The van der Waals surface area contributed by atoms with Gasteiger partial charge in [0, 0.05) is 11.6 Å². The van der Waals surface area contributed by atoms with Crippen molar-refractivity contribution in [1.29, 1.82) is 0 Å². The summed E-state index contributed by atoms with van der Waals surface area (Å²) in [5.74, 6) is -0.166. The van der Waals surface area contributed by atoms with Crippen LogP contribution in [0.3, 0.4) is 0 Å². The maximum Gasteiger partial charge on any atom is 0.233 e. The Morgan fingerprint density at radius 1 is 1.41 bits per heavy atom. The standard InChI is InChI=1S/C12H14ClNO3/c13-10-3-1-9(2-4-10)5-14-11(16)12(6-15)7-17-8-12/h1-4,15H,5-8H2,(H,14,16). The summed E-state index contributed by atoms with van der Waals surface area (Å²) < 4.78 is 4.98. The lowest BCUT2D eigenvalue weighted by Gasteiger charge is -2.38. The number of amides is 1. The van der Waals surface area contributed by atoms with E-state index in [0.29, 0.717) is 11.6 Å². The van der Waals surface area contributed by atoms with Gasteiger partial charge in [-0.05, 0) is 17.7 Å². The van der Waals surface area contributed by atoms with Gasteiger partial charge in [-0.25, -0.2) is 0 Å². The molecule has 0 atom stereocenters. The fourth-order valence-corrected chi connectivity index (χ4v) is 1.74. The summed E-state index contributed by atoms with van der Waals surface area (Å²) in [5, 5.41) is 12.6. The van der Waals surface area contributed by atoms with Crippen LogP contribution >= 0.6 is 11.6 Å². The highest BCUT2D eigenvalue weighted by Crippen LogP contribution is 2.26. The first-order chi connectivity index (χ1) is 8.16. The highest BCUT2D eigenvalue weighted by atomic mass is 35.5. The molecule has 1 saturated heterocycles. The second kappa shape index (κ2) is 5.04. The van der Waals surface area contributed by atoms with Crippen molar-refractivity contribution in [2.24, 2.45) is 5.41 Å². The van der Waals surface area contributed by atoms with Crippen LogP contribution in [0.25, 0.3) is 0 Å². The molecule has 92 valence electrons. The molecule has 0 radical (unpaired) electrons. The lowest BCUT2D eigenvalue weighted by molar-refractivity contribution is -0.170. The number of halogens is 1. The Morgan fingerprint density at radius 3 is 2.53 bits per heavy atom. The molecule has 0 unspecified atom stereocenters. The van der Waals surface area contributed by atoms with Crippen LogP contribution in [0.1, 0.15) is 5.56 Å². The van der Waals surface area contributed by atoms with E-state index >= 15 is 0 Å². The predicted molar refractivity (Wildman–Crippen MR) is 63.6 cm³/mol. The number of aliphatic hydroxyl groups excluding tert-OH is 1. The Balaban J connectivity index is 1.90. The maximum atomic E-state index is 11.8. The van der Waals surface area contributed by atoms with E-state index in [1.54, 1.807) is 12.1 Å². The zero-order valence-electron chi connectivity index (χ0n) is 9.28. The van der Waals surface area contributed by atoms with Crippen molar-refractivity contribution in [1.82, 2.24) is 5.32 Å². The van der Waals surface area contributed by atoms with E-state index in [4.69, 9.17) is 16.3 Å². The molecule has 0 spiro atoms. The van der Waals surface area contributed by atoms with E-state index in [9.17, 15) is 9.90 Å². The van der Waals surface area contributed by atoms with Gasteiger partial charge in [-0.3, -0.25) is 4.79 Å². The molecule has 5 heteroatoms. The molecule has 0 bridgehead atoms. The van der Waals surface area contributed by atoms with E-state index in [0.717, 1.165) is 5.56 Å². The van der Waals surface area contributed by atoms with Gasteiger partial charge in [-0.1, -0.05) is 23.7 Å². The normalized spacial score (nSPS) is 17.3. The zero-order valence-corrected chi connectivity index (χ0v) is 10.0. The maximum absolute atomic E-state index is 11.8. The van der Waals surface area contributed by atoms with E-state index in [1.807, 2.05) is 12.1 Å². The van der Waals surface area contributed by atoms with Gasteiger partial charge in [0.05, 0.1) is 19.8 Å². The fourth-order valence-electron chi connectivity index (χ4n) is 1.61. The van der Waals surface area contributed by atoms with Crippen molar-refractivity contribution in [2.45, 2.75) is 6.54 Å². The Morgan fingerprint density at radius 2 is 2.06 bits per heavy atom. The third kappa shape index (κ3) is 2.60. The molecule has 0 saturated carbocycles. The van der Waals surface area contributed by atoms with Crippen molar-refractivity contribution < 1.29 is 14.6 Å². The van der Waals surface area contributed by atoms with E-state index in [-0.39, 0.29) is 25.7 Å². The number of carbonyl (C=O) groups is 1. The van der Waals surface area contributed by atoms with Crippen LogP contribution in [-0.2, 0) is 16.1 Å². The second-order valence-electron chi connectivity index (χ2n) is 4.24. The smallest absolute Gasteiger partial charge is 0.233 e. The molecule has 17 heavy (non-hydrogen) atoms. The average Bonchev–Trinajstić information content (AvgIpc) is 2.27. The SMILES string of the molecule is O=C(NCc1ccc(Cl)cc1)C1(CO)COC1. The third-order valence-electron chi connectivity index (χ3n) is 2.91. The lowest BCUT2D eigenvalue weighted by atomic mass is 9.86. The van der Waals surface area contributed by atoms with Crippen LogP contribution in [0.2, 0.25) is 5.02 Å². The molecular formula is C12H14ClNO3. The molecule has 1 fully saturated rings. The Hall–Kier alpha value is -1.10. The van der Waals surface area contributed by atoms with Crippen LogP contribution < -0.4 is 5.32 Å². The Bertz CT molecular complexity index is 395. The van der Waals surface area contributed by atoms with Crippen molar-refractivity contribution >= 4 is 17.5 Å². The number of hydrogen-bond donors (Lipinski definition) is 2. The number of rotatable bonds is 4. The monoisotopic (exact) mass is 255 g/mol. The van der Waals surface area contributed by atoms with Crippen LogP contribution in [0.5, 0.6) is 0 Å². The van der Waals surface area contributed by atoms with Crippen LogP contribution in [-0.4, -0.2) is 30.8 Å². The van der Waals surface area contributed by atoms with E-state index < -0.39 is 5.41 Å². The molecule has 1 amide bonds. The van der Waals surface area contributed by atoms with Gasteiger partial charge in [0.2, 0.25) is 5.91 Å². The number of hydrogen-bond acceptors (Lipinski definition) is 3. The minimum atomic E-state index is -0.744. The van der Waals surface area contributed by atoms with Gasteiger partial charge in [-0.2, -0.15) is 0 Å². The molecule has 4 nitrogen and oxygen atoms in total. The van der Waals surface area contributed by atoms with Gasteiger partial charge in [-0.15, -0.1) is 0 Å². The number of aliphatic hydroxyl groups is 1. The zero-order chi connectivity index (χ0) is 12.3. The minimum absolute atomic E-state index is 0.166. The van der Waals surface area contributed by atoms with E-state index in [2.05, 4.69) is 5.32 Å². The molecular weight excluding hydrogens is 242 g/mol. The van der Waals surface area contributed by atoms with E-state index in [1.165, 1.54) is 0 Å². The molecule has 0 aliphatic carbocycles. The fraction of sp³-hybridized carbons (Fsp3) is 0.417. The molecule has 1 aromatic rings. The summed E-state index contributed by atoms with van der Waals surface area (Å²) >= 11 is 5.76. The van der Waals surface area contributed by atoms with Gasteiger partial charge in [0.25, 0.3) is 0 Å². The Kier molecular flexibility index (Phi) is 3.66. The number of benzene rings is 1. The summed E-state index contributed by atoms with van der Waals surface area (Å²) in [7, 11) is 0. The van der Waals surface area contributed by atoms with Gasteiger partial charge in [0.15, 0.2) is 0 Å². The molecule has 2 rings (SSSR count). The number of carbonyl (C=O) groups excluding carboxylic acids is 1. The molecule has 1 aromatic carbocycles. The second-order valence-corrected chi connectivity index (χ2v) is 4.68. The van der Waals surface area contributed by atoms with Gasteiger partial charge in [0.1, 0.15) is 5.41 Å². The van der Waals surface area contributed by atoms with Crippen molar-refractivity contribution in [3.63, 3.8) is 0 Å². The van der Waals surface area contributed by atoms with Gasteiger partial charge < -0.3 is 15.2 Å². The summed E-state index contributed by atoms with van der Waals surface area (Å²) in [6.07, 6.45) is 0. The first-order valence-electron chi connectivity index (χ1n) is 5.38. The number of ether oxygens (including phenoxy) is 1. The summed E-state index contributed by atoms with van der Waals surface area (Å²) in [6.45, 7) is 0.823. The minimum Gasteiger partial charge on any atom is -0.395 e. The summed E-state index contributed by atoms with van der Waals surface area (Å²) in [4.78, 5) is 11.8. The predicted octanol–water partition coefficient (Wildman–Crippen LogP) is 0.965. The molecule has 1 heterocycles. The molecule has 0 aromatic heterocycles. The molecule has 1 aliphatic heterocycles. The first-order valence-corrected chi connectivity index (χ1v) is 5.75.